The number of rotatable bonds is 2. The van der Waals surface area contributed by atoms with Gasteiger partial charge in [-0.05, 0) is 29.9 Å². The Bertz CT molecular complexity index is 250. The molecule has 0 radical (unpaired) electrons. The minimum atomic E-state index is 0.813. The molecule has 0 heterocycles. The summed E-state index contributed by atoms with van der Waals surface area (Å²) >= 11 is 13.4. The van der Waals surface area contributed by atoms with Gasteiger partial charge in [-0.15, -0.1) is 0 Å². The van der Waals surface area contributed by atoms with E-state index in [1.807, 2.05) is 18.2 Å². The smallest absolute Gasteiger partial charge is 0.0449 e. The number of aryl methyl sites for hydroxylation is 1. The Balaban J connectivity index is 2.90. The first-order chi connectivity index (χ1) is 5.24. The SMILES string of the molecule is SCCc1ccc(Br)cc1Cl. The maximum Gasteiger partial charge on any atom is 0.0449 e. The number of halogens is 2. The summed E-state index contributed by atoms with van der Waals surface area (Å²) in [5, 5.41) is 0.813. The normalized spacial score (nSPS) is 10.1. The van der Waals surface area contributed by atoms with Crippen LogP contribution in [0.2, 0.25) is 5.02 Å². The predicted octanol–water partition coefficient (Wildman–Crippen LogP) is 3.57. The van der Waals surface area contributed by atoms with Crippen LogP contribution in [0.3, 0.4) is 0 Å². The van der Waals surface area contributed by atoms with Gasteiger partial charge in [0.2, 0.25) is 0 Å². The third-order valence-electron chi connectivity index (χ3n) is 1.40. The summed E-state index contributed by atoms with van der Waals surface area (Å²) < 4.78 is 1.02. The van der Waals surface area contributed by atoms with Crippen LogP contribution in [0.5, 0.6) is 0 Å². The van der Waals surface area contributed by atoms with Crippen LogP contribution in [-0.4, -0.2) is 5.75 Å². The van der Waals surface area contributed by atoms with Crippen LogP contribution in [0.4, 0.5) is 0 Å². The molecular formula is C8H8BrClS. The molecule has 0 atom stereocenters. The van der Waals surface area contributed by atoms with Gasteiger partial charge in [-0.25, -0.2) is 0 Å². The van der Waals surface area contributed by atoms with E-state index in [-0.39, 0.29) is 0 Å². The first kappa shape index (κ1) is 9.43. The molecule has 0 saturated carbocycles. The van der Waals surface area contributed by atoms with Crippen LogP contribution in [0, 0.1) is 0 Å². The Labute approximate surface area is 85.5 Å². The molecule has 1 aromatic rings. The van der Waals surface area contributed by atoms with Crippen LogP contribution in [0.1, 0.15) is 5.56 Å². The van der Waals surface area contributed by atoms with Crippen LogP contribution in [-0.2, 0) is 6.42 Å². The lowest BCUT2D eigenvalue weighted by atomic mass is 10.2. The van der Waals surface area contributed by atoms with Crippen molar-refractivity contribution in [1.82, 2.24) is 0 Å². The van der Waals surface area contributed by atoms with Gasteiger partial charge < -0.3 is 0 Å². The first-order valence-electron chi connectivity index (χ1n) is 3.29. The Morgan fingerprint density at radius 1 is 1.45 bits per heavy atom. The average molecular weight is 252 g/mol. The fourth-order valence-corrected chi connectivity index (χ4v) is 1.85. The molecule has 0 N–H and O–H groups in total. The van der Waals surface area contributed by atoms with Crippen molar-refractivity contribution in [2.45, 2.75) is 6.42 Å². The Hall–Kier alpha value is 0.340. The average Bonchev–Trinajstić information content (AvgIpc) is 1.95. The molecule has 60 valence electrons. The first-order valence-corrected chi connectivity index (χ1v) is 5.09. The zero-order chi connectivity index (χ0) is 8.27. The monoisotopic (exact) mass is 250 g/mol. The molecule has 0 aliphatic carbocycles. The van der Waals surface area contributed by atoms with E-state index in [0.29, 0.717) is 0 Å². The highest BCUT2D eigenvalue weighted by Crippen LogP contribution is 2.21. The van der Waals surface area contributed by atoms with Crippen LogP contribution in [0.25, 0.3) is 0 Å². The highest BCUT2D eigenvalue weighted by Gasteiger charge is 1.98. The molecular weight excluding hydrogens is 244 g/mol. The quantitative estimate of drug-likeness (QED) is 0.763. The van der Waals surface area contributed by atoms with E-state index in [1.54, 1.807) is 0 Å². The molecule has 11 heavy (non-hydrogen) atoms. The third-order valence-corrected chi connectivity index (χ3v) is 2.46. The van der Waals surface area contributed by atoms with Crippen LogP contribution >= 0.6 is 40.2 Å². The van der Waals surface area contributed by atoms with Gasteiger partial charge in [0.1, 0.15) is 0 Å². The molecule has 0 aliphatic heterocycles. The van der Waals surface area contributed by atoms with Gasteiger partial charge in [0.25, 0.3) is 0 Å². The predicted molar refractivity (Wildman–Crippen MR) is 56.7 cm³/mol. The minimum Gasteiger partial charge on any atom is -0.179 e. The largest absolute Gasteiger partial charge is 0.179 e. The lowest BCUT2D eigenvalue weighted by molar-refractivity contribution is 1.16. The molecule has 0 aliphatic rings. The second kappa shape index (κ2) is 4.39. The van der Waals surface area contributed by atoms with Crippen molar-refractivity contribution in [3.63, 3.8) is 0 Å². The van der Waals surface area contributed by atoms with E-state index in [4.69, 9.17) is 11.6 Å². The van der Waals surface area contributed by atoms with E-state index in [1.165, 1.54) is 0 Å². The van der Waals surface area contributed by atoms with Crippen molar-refractivity contribution >= 4 is 40.2 Å². The molecule has 0 aromatic heterocycles. The second-order valence-electron chi connectivity index (χ2n) is 2.21. The summed E-state index contributed by atoms with van der Waals surface area (Å²) in [6.45, 7) is 0. The summed E-state index contributed by atoms with van der Waals surface area (Å²) in [5.41, 5.74) is 1.16. The molecule has 3 heteroatoms. The minimum absolute atomic E-state index is 0.813. The van der Waals surface area contributed by atoms with Crippen LogP contribution < -0.4 is 0 Å². The highest BCUT2D eigenvalue weighted by atomic mass is 79.9. The maximum absolute atomic E-state index is 5.94. The lowest BCUT2D eigenvalue weighted by Gasteiger charge is -2.01. The molecule has 0 nitrogen and oxygen atoms in total. The van der Waals surface area contributed by atoms with Gasteiger partial charge in [0.15, 0.2) is 0 Å². The summed E-state index contributed by atoms with van der Waals surface area (Å²) in [4.78, 5) is 0. The van der Waals surface area contributed by atoms with E-state index < -0.39 is 0 Å². The molecule has 0 unspecified atom stereocenters. The molecule has 0 saturated heterocycles. The molecule has 0 bridgehead atoms. The van der Waals surface area contributed by atoms with Gasteiger partial charge in [-0.1, -0.05) is 33.6 Å². The number of hydrogen-bond donors (Lipinski definition) is 1. The zero-order valence-corrected chi connectivity index (χ0v) is 9.09. The van der Waals surface area contributed by atoms with Gasteiger partial charge in [0, 0.05) is 9.50 Å². The Morgan fingerprint density at radius 2 is 2.18 bits per heavy atom. The summed E-state index contributed by atoms with van der Waals surface area (Å²) in [5.74, 6) is 0.835. The molecule has 1 aromatic carbocycles. The Morgan fingerprint density at radius 3 is 2.73 bits per heavy atom. The fourth-order valence-electron chi connectivity index (χ4n) is 0.845. The second-order valence-corrected chi connectivity index (χ2v) is 3.98. The zero-order valence-electron chi connectivity index (χ0n) is 5.85. The number of benzene rings is 1. The van der Waals surface area contributed by atoms with Gasteiger partial charge in [-0.3, -0.25) is 0 Å². The van der Waals surface area contributed by atoms with Gasteiger partial charge in [-0.2, -0.15) is 12.6 Å². The summed E-state index contributed by atoms with van der Waals surface area (Å²) in [6, 6.07) is 5.91. The van der Waals surface area contributed by atoms with E-state index >= 15 is 0 Å². The standard InChI is InChI=1S/C8H8BrClS/c9-7-2-1-6(3-4-11)8(10)5-7/h1-2,5,11H,3-4H2. The third kappa shape index (κ3) is 2.69. The van der Waals surface area contributed by atoms with Crippen molar-refractivity contribution < 1.29 is 0 Å². The van der Waals surface area contributed by atoms with Crippen molar-refractivity contribution in [2.75, 3.05) is 5.75 Å². The topological polar surface area (TPSA) is 0 Å². The van der Waals surface area contributed by atoms with Gasteiger partial charge in [0.05, 0.1) is 0 Å². The molecule has 0 fully saturated rings. The number of hydrogen-bond acceptors (Lipinski definition) is 1. The Kier molecular flexibility index (Phi) is 3.76. The summed E-state index contributed by atoms with van der Waals surface area (Å²) in [7, 11) is 0. The molecule has 0 amide bonds. The highest BCUT2D eigenvalue weighted by molar-refractivity contribution is 9.10. The van der Waals surface area contributed by atoms with Crippen molar-refractivity contribution in [3.8, 4) is 0 Å². The van der Waals surface area contributed by atoms with Gasteiger partial charge >= 0.3 is 0 Å². The van der Waals surface area contributed by atoms with E-state index in [9.17, 15) is 0 Å². The van der Waals surface area contributed by atoms with Crippen molar-refractivity contribution in [1.29, 1.82) is 0 Å². The van der Waals surface area contributed by atoms with Crippen molar-refractivity contribution in [2.24, 2.45) is 0 Å². The molecule has 0 spiro atoms. The number of thiol groups is 1. The van der Waals surface area contributed by atoms with Crippen molar-refractivity contribution in [3.05, 3.63) is 33.3 Å². The fraction of sp³-hybridized carbons (Fsp3) is 0.250. The summed E-state index contributed by atoms with van der Waals surface area (Å²) in [6.07, 6.45) is 0.926. The van der Waals surface area contributed by atoms with Crippen LogP contribution in [0.15, 0.2) is 22.7 Å². The molecule has 1 rings (SSSR count). The maximum atomic E-state index is 5.94. The lowest BCUT2D eigenvalue weighted by Crippen LogP contribution is -1.86. The van der Waals surface area contributed by atoms with E-state index in [2.05, 4.69) is 28.6 Å². The van der Waals surface area contributed by atoms with E-state index in [0.717, 1.165) is 27.2 Å².